The first-order valence-corrected chi connectivity index (χ1v) is 8.12. The van der Waals surface area contributed by atoms with Crippen LogP contribution in [0.5, 0.6) is 0 Å². The van der Waals surface area contributed by atoms with Crippen molar-refractivity contribution in [3.63, 3.8) is 0 Å². The molecular formula is C15H13ClN4O3S. The smallest absolute Gasteiger partial charge is 0.325 e. The average molecular weight is 365 g/mol. The third-order valence-electron chi connectivity index (χ3n) is 3.40. The fourth-order valence-electron chi connectivity index (χ4n) is 2.21. The minimum Gasteiger partial charge on any atom is -0.468 e. The standard InChI is InChI=1S/C15H13ClN4O3S/c1-19-11(5-6-17-19)14(22)18-15-20(8-13(21)23-2)10-4-3-9(16)7-12(10)24-15/h3-7H,8H2,1-2H3. The maximum Gasteiger partial charge on any atom is 0.325 e. The first-order chi connectivity index (χ1) is 11.5. The number of benzene rings is 1. The number of carbonyl (C=O) groups excluding carboxylic acids is 2. The highest BCUT2D eigenvalue weighted by Crippen LogP contribution is 2.22. The van der Waals surface area contributed by atoms with Gasteiger partial charge < -0.3 is 9.30 Å². The van der Waals surface area contributed by atoms with Crippen molar-refractivity contribution in [2.24, 2.45) is 12.0 Å². The molecule has 0 saturated heterocycles. The zero-order chi connectivity index (χ0) is 17.3. The summed E-state index contributed by atoms with van der Waals surface area (Å²) in [4.78, 5) is 28.6. The van der Waals surface area contributed by atoms with Crippen LogP contribution in [0.3, 0.4) is 0 Å². The van der Waals surface area contributed by atoms with Gasteiger partial charge in [0.1, 0.15) is 12.2 Å². The second-order valence-corrected chi connectivity index (χ2v) is 6.36. The van der Waals surface area contributed by atoms with Crippen LogP contribution in [0.1, 0.15) is 10.5 Å². The average Bonchev–Trinajstić information content (AvgIpc) is 3.11. The van der Waals surface area contributed by atoms with Gasteiger partial charge in [0, 0.05) is 18.3 Å². The minimum atomic E-state index is -0.439. The van der Waals surface area contributed by atoms with E-state index in [2.05, 4.69) is 10.1 Å². The molecule has 7 nitrogen and oxygen atoms in total. The number of esters is 1. The number of rotatable bonds is 3. The fourth-order valence-corrected chi connectivity index (χ4v) is 3.51. The van der Waals surface area contributed by atoms with Gasteiger partial charge in [0.15, 0.2) is 4.80 Å². The first kappa shape index (κ1) is 16.4. The van der Waals surface area contributed by atoms with Gasteiger partial charge in [-0.05, 0) is 24.3 Å². The lowest BCUT2D eigenvalue weighted by Gasteiger charge is -2.03. The summed E-state index contributed by atoms with van der Waals surface area (Å²) in [6.45, 7) is -0.0460. The van der Waals surface area contributed by atoms with Crippen molar-refractivity contribution in [2.75, 3.05) is 7.11 Å². The molecule has 0 aliphatic heterocycles. The normalized spacial score (nSPS) is 11.9. The lowest BCUT2D eigenvalue weighted by atomic mass is 10.3. The molecular weight excluding hydrogens is 352 g/mol. The molecule has 1 amide bonds. The van der Waals surface area contributed by atoms with Crippen molar-refractivity contribution in [2.45, 2.75) is 6.54 Å². The Kier molecular flexibility index (Phi) is 4.50. The van der Waals surface area contributed by atoms with Gasteiger partial charge in [0.2, 0.25) is 0 Å². The van der Waals surface area contributed by atoms with Gasteiger partial charge in [-0.3, -0.25) is 14.3 Å². The Morgan fingerprint density at radius 1 is 1.38 bits per heavy atom. The molecule has 0 radical (unpaired) electrons. The minimum absolute atomic E-state index is 0.0460. The van der Waals surface area contributed by atoms with Crippen molar-refractivity contribution in [3.05, 3.63) is 46.0 Å². The number of aromatic nitrogens is 3. The zero-order valence-electron chi connectivity index (χ0n) is 12.9. The molecule has 0 aliphatic carbocycles. The van der Waals surface area contributed by atoms with Crippen molar-refractivity contribution in [3.8, 4) is 0 Å². The molecule has 1 aromatic carbocycles. The van der Waals surface area contributed by atoms with E-state index in [1.54, 1.807) is 35.9 Å². The SMILES string of the molecule is COC(=O)Cn1c(=NC(=O)c2ccnn2C)sc2cc(Cl)ccc21. The van der Waals surface area contributed by atoms with Crippen LogP contribution in [0.15, 0.2) is 35.5 Å². The number of nitrogens with zero attached hydrogens (tertiary/aromatic N) is 4. The summed E-state index contributed by atoms with van der Waals surface area (Å²) in [5.74, 6) is -0.870. The van der Waals surface area contributed by atoms with Gasteiger partial charge in [-0.25, -0.2) is 0 Å². The van der Waals surface area contributed by atoms with E-state index in [-0.39, 0.29) is 6.54 Å². The maximum absolute atomic E-state index is 12.4. The van der Waals surface area contributed by atoms with Crippen LogP contribution in [-0.4, -0.2) is 33.3 Å². The van der Waals surface area contributed by atoms with Crippen LogP contribution in [0.25, 0.3) is 10.2 Å². The number of methoxy groups -OCH3 is 1. The number of halogens is 1. The second-order valence-electron chi connectivity index (χ2n) is 4.92. The highest BCUT2D eigenvalue weighted by atomic mass is 35.5. The number of fused-ring (bicyclic) bond motifs is 1. The van der Waals surface area contributed by atoms with E-state index < -0.39 is 11.9 Å². The molecule has 0 spiro atoms. The topological polar surface area (TPSA) is 78.5 Å². The molecule has 124 valence electrons. The van der Waals surface area contributed by atoms with E-state index in [9.17, 15) is 9.59 Å². The van der Waals surface area contributed by atoms with E-state index in [1.165, 1.54) is 29.3 Å². The van der Waals surface area contributed by atoms with Gasteiger partial charge in [-0.1, -0.05) is 22.9 Å². The molecule has 0 atom stereocenters. The Hall–Kier alpha value is -2.45. The summed E-state index contributed by atoms with van der Waals surface area (Å²) >= 11 is 7.29. The highest BCUT2D eigenvalue weighted by Gasteiger charge is 2.14. The highest BCUT2D eigenvalue weighted by molar-refractivity contribution is 7.16. The largest absolute Gasteiger partial charge is 0.468 e. The molecule has 0 saturated carbocycles. The Morgan fingerprint density at radius 3 is 2.83 bits per heavy atom. The number of carbonyl (C=O) groups is 2. The summed E-state index contributed by atoms with van der Waals surface area (Å²) < 4.78 is 8.63. The van der Waals surface area contributed by atoms with Gasteiger partial charge >= 0.3 is 5.97 Å². The van der Waals surface area contributed by atoms with Crippen LogP contribution in [0.2, 0.25) is 5.02 Å². The van der Waals surface area contributed by atoms with Crippen molar-refractivity contribution in [1.82, 2.24) is 14.3 Å². The summed E-state index contributed by atoms with van der Waals surface area (Å²) in [5.41, 5.74) is 1.11. The Balaban J connectivity index is 2.17. The fraction of sp³-hybridized carbons (Fsp3) is 0.200. The van der Waals surface area contributed by atoms with Crippen LogP contribution in [0, 0.1) is 0 Å². The van der Waals surface area contributed by atoms with E-state index in [4.69, 9.17) is 16.3 Å². The van der Waals surface area contributed by atoms with E-state index in [0.29, 0.717) is 15.5 Å². The molecule has 0 N–H and O–H groups in total. The van der Waals surface area contributed by atoms with E-state index in [1.807, 2.05) is 0 Å². The maximum atomic E-state index is 12.4. The second kappa shape index (κ2) is 6.58. The molecule has 0 fully saturated rings. The molecule has 3 aromatic rings. The van der Waals surface area contributed by atoms with Crippen LogP contribution >= 0.6 is 22.9 Å². The summed E-state index contributed by atoms with van der Waals surface area (Å²) in [6, 6.07) is 6.85. The van der Waals surface area contributed by atoms with Crippen molar-refractivity contribution < 1.29 is 14.3 Å². The van der Waals surface area contributed by atoms with Crippen LogP contribution < -0.4 is 4.80 Å². The van der Waals surface area contributed by atoms with Gasteiger partial charge in [-0.15, -0.1) is 0 Å². The number of thiazole rings is 1. The number of hydrogen-bond donors (Lipinski definition) is 0. The Bertz CT molecular complexity index is 1000. The number of amides is 1. The van der Waals surface area contributed by atoms with Crippen molar-refractivity contribution >= 4 is 45.0 Å². The predicted molar refractivity (Wildman–Crippen MR) is 89.9 cm³/mol. The van der Waals surface area contributed by atoms with E-state index in [0.717, 1.165) is 10.2 Å². The number of aryl methyl sites for hydroxylation is 1. The predicted octanol–water partition coefficient (Wildman–Crippen LogP) is 2.00. The summed E-state index contributed by atoms with van der Waals surface area (Å²) in [6.07, 6.45) is 1.52. The molecule has 0 bridgehead atoms. The Morgan fingerprint density at radius 2 is 2.17 bits per heavy atom. The van der Waals surface area contributed by atoms with Crippen LogP contribution in [-0.2, 0) is 23.1 Å². The van der Waals surface area contributed by atoms with Gasteiger partial charge in [0.25, 0.3) is 5.91 Å². The van der Waals surface area contributed by atoms with Gasteiger partial charge in [-0.2, -0.15) is 10.1 Å². The van der Waals surface area contributed by atoms with E-state index >= 15 is 0 Å². The lowest BCUT2D eigenvalue weighted by molar-refractivity contribution is -0.141. The molecule has 9 heteroatoms. The molecule has 0 aliphatic rings. The third kappa shape index (κ3) is 3.10. The summed E-state index contributed by atoms with van der Waals surface area (Å²) in [7, 11) is 2.97. The lowest BCUT2D eigenvalue weighted by Crippen LogP contribution is -2.22. The van der Waals surface area contributed by atoms with Crippen molar-refractivity contribution in [1.29, 1.82) is 0 Å². The molecule has 24 heavy (non-hydrogen) atoms. The third-order valence-corrected chi connectivity index (χ3v) is 4.67. The monoisotopic (exact) mass is 364 g/mol. The quantitative estimate of drug-likeness (QED) is 0.666. The first-order valence-electron chi connectivity index (χ1n) is 6.92. The molecule has 2 aromatic heterocycles. The number of ether oxygens (including phenoxy) is 1. The Labute approximate surface area is 145 Å². The molecule has 2 heterocycles. The summed E-state index contributed by atoms with van der Waals surface area (Å²) in [5, 5.41) is 4.53. The zero-order valence-corrected chi connectivity index (χ0v) is 14.5. The molecule has 0 unspecified atom stereocenters. The number of hydrogen-bond acceptors (Lipinski definition) is 5. The van der Waals surface area contributed by atoms with Gasteiger partial charge in [0.05, 0.1) is 17.3 Å². The molecule has 3 rings (SSSR count). The van der Waals surface area contributed by atoms with Crippen LogP contribution in [0.4, 0.5) is 0 Å².